The molecule has 1 unspecified atom stereocenters. The van der Waals surface area contributed by atoms with Crippen LogP contribution >= 0.6 is 27.7 Å². The van der Waals surface area contributed by atoms with E-state index in [0.717, 1.165) is 8.72 Å². The van der Waals surface area contributed by atoms with Crippen LogP contribution in [0.25, 0.3) is 0 Å². The Morgan fingerprint density at radius 1 is 1.67 bits per heavy atom. The van der Waals surface area contributed by atoms with E-state index < -0.39 is 5.41 Å². The van der Waals surface area contributed by atoms with Gasteiger partial charge in [0.1, 0.15) is 0 Å². The number of rotatable bonds is 1. The number of carbonyl (C=O) groups is 1. The molecule has 0 aromatic carbocycles. The van der Waals surface area contributed by atoms with Gasteiger partial charge in [-0.25, -0.2) is 0 Å². The number of nitrogens with two attached hydrogens (primary N) is 1. The molecule has 1 aliphatic heterocycles. The zero-order valence-corrected chi connectivity index (χ0v) is 9.33. The molecule has 0 bridgehead atoms. The fourth-order valence-electron chi connectivity index (χ4n) is 1.05. The summed E-state index contributed by atoms with van der Waals surface area (Å²) in [7, 11) is 0. The molecule has 0 aromatic rings. The summed E-state index contributed by atoms with van der Waals surface area (Å²) in [6, 6.07) is 0. The number of hydrogen-bond donors (Lipinski definition) is 1. The molecular weight excluding hydrogens is 238 g/mol. The van der Waals surface area contributed by atoms with Crippen LogP contribution in [0, 0.1) is 5.41 Å². The number of halogens is 1. The number of thioether (sulfide) groups is 1. The summed E-state index contributed by atoms with van der Waals surface area (Å²) in [4.78, 5) is 12.2. The molecule has 0 saturated heterocycles. The van der Waals surface area contributed by atoms with E-state index in [1.165, 1.54) is 0 Å². The average molecular weight is 248 g/mol. The highest BCUT2D eigenvalue weighted by Gasteiger charge is 2.29. The van der Waals surface area contributed by atoms with Crippen LogP contribution < -0.4 is 5.73 Å². The SMILES string of the molecule is CC1=CC(C)(C(N)=O)C=C(Br)S1. The molecule has 0 aliphatic carbocycles. The third kappa shape index (κ3) is 1.93. The lowest BCUT2D eigenvalue weighted by molar-refractivity contribution is -0.122. The molecule has 66 valence electrons. The molecule has 1 rings (SSSR count). The van der Waals surface area contributed by atoms with Gasteiger partial charge in [0.25, 0.3) is 0 Å². The highest BCUT2D eigenvalue weighted by molar-refractivity contribution is 9.14. The molecular formula is C8H10BrNOS. The lowest BCUT2D eigenvalue weighted by Crippen LogP contribution is -2.31. The minimum absolute atomic E-state index is 0.320. The molecule has 1 amide bonds. The Morgan fingerprint density at radius 2 is 2.25 bits per heavy atom. The van der Waals surface area contributed by atoms with Crippen molar-refractivity contribution < 1.29 is 4.79 Å². The zero-order chi connectivity index (χ0) is 9.35. The molecule has 2 N–H and O–H groups in total. The fourth-order valence-corrected chi connectivity index (χ4v) is 3.21. The maximum atomic E-state index is 11.1. The topological polar surface area (TPSA) is 43.1 Å². The van der Waals surface area contributed by atoms with Gasteiger partial charge in [0, 0.05) is 0 Å². The van der Waals surface area contributed by atoms with Crippen molar-refractivity contribution in [1.82, 2.24) is 0 Å². The van der Waals surface area contributed by atoms with Crippen molar-refractivity contribution in [2.75, 3.05) is 0 Å². The molecule has 1 atom stereocenters. The Hall–Kier alpha value is -0.220. The third-order valence-corrected chi connectivity index (χ3v) is 3.17. The standard InChI is InChI=1S/C8H10BrNOS/c1-5-3-8(2,7(10)11)4-6(9)12-5/h3-4H,1-2H3,(H2,10,11). The van der Waals surface area contributed by atoms with Gasteiger partial charge in [-0.2, -0.15) is 0 Å². The summed E-state index contributed by atoms with van der Waals surface area (Å²) in [5, 5.41) is 0. The first-order valence-electron chi connectivity index (χ1n) is 3.49. The van der Waals surface area contributed by atoms with Gasteiger partial charge < -0.3 is 5.73 Å². The van der Waals surface area contributed by atoms with E-state index in [2.05, 4.69) is 15.9 Å². The van der Waals surface area contributed by atoms with Crippen LogP contribution in [0.4, 0.5) is 0 Å². The monoisotopic (exact) mass is 247 g/mol. The predicted octanol–water partition coefficient (Wildman–Crippen LogP) is 2.36. The molecule has 1 aliphatic rings. The lowest BCUT2D eigenvalue weighted by atomic mass is 9.89. The summed E-state index contributed by atoms with van der Waals surface area (Å²) in [5.41, 5.74) is 4.64. The maximum Gasteiger partial charge on any atom is 0.231 e. The van der Waals surface area contributed by atoms with E-state index >= 15 is 0 Å². The molecule has 0 fully saturated rings. The fraction of sp³-hybridized carbons (Fsp3) is 0.375. The third-order valence-electron chi connectivity index (χ3n) is 1.71. The molecule has 0 saturated carbocycles. The number of amides is 1. The summed E-state index contributed by atoms with van der Waals surface area (Å²) >= 11 is 4.94. The molecule has 1 heterocycles. The largest absolute Gasteiger partial charge is 0.369 e. The number of allylic oxidation sites excluding steroid dienone is 1. The zero-order valence-electron chi connectivity index (χ0n) is 6.93. The van der Waals surface area contributed by atoms with Crippen molar-refractivity contribution in [3.8, 4) is 0 Å². The number of carbonyl (C=O) groups excluding carboxylic acids is 1. The predicted molar refractivity (Wildman–Crippen MR) is 55.7 cm³/mol. The molecule has 2 nitrogen and oxygen atoms in total. The van der Waals surface area contributed by atoms with Crippen LogP contribution in [0.2, 0.25) is 0 Å². The van der Waals surface area contributed by atoms with Crippen molar-refractivity contribution in [1.29, 1.82) is 0 Å². The number of primary amides is 1. The summed E-state index contributed by atoms with van der Waals surface area (Å²) in [6.07, 6.45) is 3.71. The van der Waals surface area contributed by atoms with Gasteiger partial charge in [0.05, 0.1) is 9.23 Å². The minimum Gasteiger partial charge on any atom is -0.369 e. The van der Waals surface area contributed by atoms with Gasteiger partial charge >= 0.3 is 0 Å². The Morgan fingerprint density at radius 3 is 2.67 bits per heavy atom. The molecule has 0 aromatic heterocycles. The van der Waals surface area contributed by atoms with E-state index in [1.807, 2.05) is 19.1 Å². The summed E-state index contributed by atoms with van der Waals surface area (Å²) < 4.78 is 0.948. The average Bonchev–Trinajstić information content (AvgIpc) is 1.82. The van der Waals surface area contributed by atoms with Gasteiger partial charge in [-0.1, -0.05) is 17.8 Å². The van der Waals surface area contributed by atoms with Crippen LogP contribution in [0.15, 0.2) is 20.9 Å². The van der Waals surface area contributed by atoms with Crippen molar-refractivity contribution >= 4 is 33.6 Å². The van der Waals surface area contributed by atoms with E-state index in [0.29, 0.717) is 0 Å². The maximum absolute atomic E-state index is 11.1. The first-order chi connectivity index (χ1) is 5.44. The Balaban J connectivity index is 3.05. The van der Waals surface area contributed by atoms with E-state index in [4.69, 9.17) is 5.73 Å². The first kappa shape index (κ1) is 9.86. The Kier molecular flexibility index (Phi) is 2.68. The van der Waals surface area contributed by atoms with Crippen molar-refractivity contribution in [3.63, 3.8) is 0 Å². The van der Waals surface area contributed by atoms with E-state index in [-0.39, 0.29) is 5.91 Å². The Bertz CT molecular complexity index is 265. The molecule has 0 spiro atoms. The normalized spacial score (nSPS) is 29.2. The summed E-state index contributed by atoms with van der Waals surface area (Å²) in [5.74, 6) is -0.320. The van der Waals surface area contributed by atoms with Crippen LogP contribution in [0.3, 0.4) is 0 Å². The second-order valence-electron chi connectivity index (χ2n) is 2.95. The van der Waals surface area contributed by atoms with Crippen molar-refractivity contribution in [2.45, 2.75) is 13.8 Å². The molecule has 4 heteroatoms. The highest BCUT2D eigenvalue weighted by Crippen LogP contribution is 2.40. The molecule has 0 radical (unpaired) electrons. The molecule has 12 heavy (non-hydrogen) atoms. The van der Waals surface area contributed by atoms with Crippen LogP contribution in [0.1, 0.15) is 13.8 Å². The minimum atomic E-state index is -0.631. The van der Waals surface area contributed by atoms with E-state index in [9.17, 15) is 4.79 Å². The first-order valence-corrected chi connectivity index (χ1v) is 5.10. The van der Waals surface area contributed by atoms with Gasteiger partial charge in [0.2, 0.25) is 5.91 Å². The summed E-state index contributed by atoms with van der Waals surface area (Å²) in [6.45, 7) is 3.76. The Labute approximate surface area is 84.4 Å². The quantitative estimate of drug-likeness (QED) is 0.774. The van der Waals surface area contributed by atoms with Crippen molar-refractivity contribution in [2.24, 2.45) is 11.1 Å². The van der Waals surface area contributed by atoms with Crippen LogP contribution in [0.5, 0.6) is 0 Å². The second-order valence-corrected chi connectivity index (χ2v) is 5.62. The van der Waals surface area contributed by atoms with Gasteiger partial charge in [0.15, 0.2) is 0 Å². The second kappa shape index (κ2) is 3.26. The van der Waals surface area contributed by atoms with Crippen LogP contribution in [-0.2, 0) is 4.79 Å². The number of hydrogen-bond acceptors (Lipinski definition) is 2. The van der Waals surface area contributed by atoms with Gasteiger partial charge in [-0.3, -0.25) is 4.79 Å². The highest BCUT2D eigenvalue weighted by atomic mass is 79.9. The van der Waals surface area contributed by atoms with Gasteiger partial charge in [-0.05, 0) is 40.8 Å². The smallest absolute Gasteiger partial charge is 0.231 e. The van der Waals surface area contributed by atoms with Crippen molar-refractivity contribution in [3.05, 3.63) is 20.9 Å². The van der Waals surface area contributed by atoms with Gasteiger partial charge in [-0.15, -0.1) is 0 Å². The van der Waals surface area contributed by atoms with Crippen LogP contribution in [-0.4, -0.2) is 5.91 Å². The lowest BCUT2D eigenvalue weighted by Gasteiger charge is -2.23. The van der Waals surface area contributed by atoms with E-state index in [1.54, 1.807) is 18.7 Å².